The van der Waals surface area contributed by atoms with Crippen molar-refractivity contribution in [2.75, 3.05) is 0 Å². The van der Waals surface area contributed by atoms with Gasteiger partial charge >= 0.3 is 0 Å². The molecule has 4 nitrogen and oxygen atoms in total. The van der Waals surface area contributed by atoms with Crippen molar-refractivity contribution in [1.82, 2.24) is 9.97 Å². The molecule has 0 bridgehead atoms. The fourth-order valence-electron chi connectivity index (χ4n) is 3.54. The number of ether oxygens (including phenoxy) is 1. The van der Waals surface area contributed by atoms with Gasteiger partial charge in [0.05, 0.1) is 5.60 Å². The maximum absolute atomic E-state index is 9.34. The van der Waals surface area contributed by atoms with Gasteiger partial charge in [-0.3, -0.25) is 0 Å². The van der Waals surface area contributed by atoms with Crippen molar-refractivity contribution in [3.8, 4) is 5.75 Å². The molecule has 0 aliphatic heterocycles. The molecule has 0 unspecified atom stereocenters. The molecule has 2 heterocycles. The normalized spacial score (nSPS) is 16.4. The highest BCUT2D eigenvalue weighted by atomic mass is 35.5. The van der Waals surface area contributed by atoms with Crippen LogP contribution in [0.5, 0.6) is 5.75 Å². The van der Waals surface area contributed by atoms with Gasteiger partial charge in [0, 0.05) is 17.2 Å². The molecule has 0 spiro atoms. The summed E-state index contributed by atoms with van der Waals surface area (Å²) in [5.41, 5.74) is -0.565. The average molecular weight is 557 g/mol. The van der Waals surface area contributed by atoms with Crippen LogP contribution in [0.25, 0.3) is 0 Å². The summed E-state index contributed by atoms with van der Waals surface area (Å²) in [7, 11) is 0. The van der Waals surface area contributed by atoms with Crippen molar-refractivity contribution < 1.29 is 9.84 Å². The first kappa shape index (κ1) is 28.7. The number of hydrogen-bond acceptors (Lipinski definition) is 4. The zero-order valence-electron chi connectivity index (χ0n) is 19.3. The van der Waals surface area contributed by atoms with E-state index in [1.165, 1.54) is 50.7 Å². The molecule has 2 aliphatic rings. The molecule has 2 saturated carbocycles. The first-order valence-corrected chi connectivity index (χ1v) is 12.9. The zero-order valence-corrected chi connectivity index (χ0v) is 23.1. The van der Waals surface area contributed by atoms with E-state index >= 15 is 0 Å². The van der Waals surface area contributed by atoms with Gasteiger partial charge in [-0.15, -0.1) is 0 Å². The molecule has 2 aromatic heterocycles. The van der Waals surface area contributed by atoms with Crippen LogP contribution in [0, 0.1) is 11.8 Å². The first-order chi connectivity index (χ1) is 15.3. The van der Waals surface area contributed by atoms with Crippen LogP contribution >= 0.6 is 58.0 Å². The molecule has 2 aromatic rings. The van der Waals surface area contributed by atoms with Crippen molar-refractivity contribution in [1.29, 1.82) is 0 Å². The standard InChI is InChI=1S/C12H15Cl2NO.C7H14O.C5H2Cl3N/c1-12(2,8-4-3-5-8)16-9-6-10(13)15-11(14)7-9;1-7(2,8)6-4-3-5-6;6-3-1-4(7)9-5(8)2-3/h6-8H,3-5H2,1-2H3;6,8H,3-5H2,1-2H3;1-2H. The van der Waals surface area contributed by atoms with Gasteiger partial charge in [-0.05, 0) is 77.3 Å². The minimum atomic E-state index is -0.405. The molecule has 0 radical (unpaired) electrons. The Morgan fingerprint density at radius 1 is 0.727 bits per heavy atom. The van der Waals surface area contributed by atoms with Gasteiger partial charge < -0.3 is 9.84 Å². The van der Waals surface area contributed by atoms with Gasteiger partial charge in [-0.1, -0.05) is 70.8 Å². The van der Waals surface area contributed by atoms with E-state index < -0.39 is 5.60 Å². The van der Waals surface area contributed by atoms with Gasteiger partial charge in [0.2, 0.25) is 0 Å². The lowest BCUT2D eigenvalue weighted by atomic mass is 9.74. The monoisotopic (exact) mass is 554 g/mol. The summed E-state index contributed by atoms with van der Waals surface area (Å²) in [5.74, 6) is 1.91. The highest BCUT2D eigenvalue weighted by molar-refractivity contribution is 6.36. The van der Waals surface area contributed by atoms with Crippen LogP contribution in [-0.4, -0.2) is 26.3 Å². The molecule has 4 rings (SSSR count). The molecule has 9 heteroatoms. The summed E-state index contributed by atoms with van der Waals surface area (Å²) in [6, 6.07) is 6.45. The third kappa shape index (κ3) is 9.95. The second kappa shape index (κ2) is 12.5. The molecular weight excluding hydrogens is 526 g/mol. The molecule has 0 aromatic carbocycles. The Morgan fingerprint density at radius 2 is 1.12 bits per heavy atom. The van der Waals surface area contributed by atoms with Gasteiger partial charge in [0.1, 0.15) is 32.0 Å². The van der Waals surface area contributed by atoms with Crippen molar-refractivity contribution in [3.05, 3.63) is 49.9 Å². The largest absolute Gasteiger partial charge is 0.487 e. The highest BCUT2D eigenvalue weighted by Gasteiger charge is 2.36. The maximum atomic E-state index is 9.34. The van der Waals surface area contributed by atoms with Crippen LogP contribution in [0.2, 0.25) is 25.6 Å². The molecule has 0 amide bonds. The lowest BCUT2D eigenvalue weighted by molar-refractivity contribution is -0.0181. The predicted octanol–water partition coefficient (Wildman–Crippen LogP) is 8.95. The summed E-state index contributed by atoms with van der Waals surface area (Å²) in [6.45, 7) is 8.02. The number of aromatic nitrogens is 2. The molecule has 0 saturated heterocycles. The van der Waals surface area contributed by atoms with Crippen LogP contribution in [-0.2, 0) is 0 Å². The Morgan fingerprint density at radius 3 is 1.39 bits per heavy atom. The Labute approximate surface area is 221 Å². The minimum absolute atomic E-state index is 0.160. The maximum Gasteiger partial charge on any atom is 0.134 e. The summed E-state index contributed by atoms with van der Waals surface area (Å²) in [6.07, 6.45) is 7.54. The molecule has 0 atom stereocenters. The Bertz CT molecular complexity index is 839. The molecule has 1 N–H and O–H groups in total. The van der Waals surface area contributed by atoms with E-state index in [1.807, 2.05) is 13.8 Å². The number of aliphatic hydroxyl groups is 1. The van der Waals surface area contributed by atoms with Crippen LogP contribution in [0.15, 0.2) is 24.3 Å². The van der Waals surface area contributed by atoms with E-state index in [1.54, 1.807) is 12.1 Å². The number of hydrogen-bond donors (Lipinski definition) is 1. The lowest BCUT2D eigenvalue weighted by Crippen LogP contribution is -2.41. The fourth-order valence-corrected chi connectivity index (χ4v) is 4.76. The summed E-state index contributed by atoms with van der Waals surface area (Å²) in [5, 5.41) is 11.2. The first-order valence-electron chi connectivity index (χ1n) is 11.0. The quantitative estimate of drug-likeness (QED) is 0.382. The van der Waals surface area contributed by atoms with E-state index in [2.05, 4.69) is 23.8 Å². The highest BCUT2D eigenvalue weighted by Crippen LogP contribution is 2.39. The van der Waals surface area contributed by atoms with Crippen LogP contribution in [0.3, 0.4) is 0 Å². The van der Waals surface area contributed by atoms with Gasteiger partial charge in [0.25, 0.3) is 0 Å². The van der Waals surface area contributed by atoms with Crippen molar-refractivity contribution in [2.45, 2.75) is 77.4 Å². The zero-order chi connectivity index (χ0) is 24.8. The van der Waals surface area contributed by atoms with Crippen molar-refractivity contribution >= 4 is 58.0 Å². The van der Waals surface area contributed by atoms with E-state index in [0.717, 1.165) is 0 Å². The number of nitrogens with zero attached hydrogens (tertiary/aromatic N) is 2. The number of pyridine rings is 2. The lowest BCUT2D eigenvalue weighted by Gasteiger charge is -2.40. The predicted molar refractivity (Wildman–Crippen MR) is 139 cm³/mol. The third-order valence-electron chi connectivity index (χ3n) is 6.04. The minimum Gasteiger partial charge on any atom is -0.487 e. The van der Waals surface area contributed by atoms with Crippen molar-refractivity contribution in [2.24, 2.45) is 11.8 Å². The van der Waals surface area contributed by atoms with E-state index in [9.17, 15) is 5.11 Å². The van der Waals surface area contributed by atoms with Gasteiger partial charge in [-0.25, -0.2) is 9.97 Å². The Kier molecular flexibility index (Phi) is 10.9. The molecular formula is C24H31Cl5N2O2. The smallest absolute Gasteiger partial charge is 0.134 e. The second-order valence-electron chi connectivity index (χ2n) is 9.49. The van der Waals surface area contributed by atoms with Gasteiger partial charge in [0.15, 0.2) is 0 Å². The Balaban J connectivity index is 0.000000192. The van der Waals surface area contributed by atoms with Crippen LogP contribution < -0.4 is 4.74 Å². The molecule has 184 valence electrons. The summed E-state index contributed by atoms with van der Waals surface area (Å²) < 4.78 is 5.96. The molecule has 2 aliphatic carbocycles. The van der Waals surface area contributed by atoms with Crippen molar-refractivity contribution in [3.63, 3.8) is 0 Å². The number of rotatable bonds is 4. The third-order valence-corrected chi connectivity index (χ3v) is 7.03. The van der Waals surface area contributed by atoms with E-state index in [4.69, 9.17) is 62.7 Å². The van der Waals surface area contributed by atoms with E-state index in [0.29, 0.717) is 43.2 Å². The summed E-state index contributed by atoms with van der Waals surface area (Å²) >= 11 is 28.1. The van der Waals surface area contributed by atoms with Gasteiger partial charge in [-0.2, -0.15) is 0 Å². The Hall–Kier alpha value is -0.490. The number of halogens is 5. The topological polar surface area (TPSA) is 55.2 Å². The SMILES string of the molecule is CC(C)(O)C1CCC1.CC(C)(Oc1cc(Cl)nc(Cl)c1)C1CCC1.Clc1cc(Cl)nc(Cl)c1. The van der Waals surface area contributed by atoms with Crippen LogP contribution in [0.4, 0.5) is 0 Å². The summed E-state index contributed by atoms with van der Waals surface area (Å²) in [4.78, 5) is 7.58. The fraction of sp³-hybridized carbons (Fsp3) is 0.583. The van der Waals surface area contributed by atoms with Crippen LogP contribution in [0.1, 0.15) is 66.2 Å². The molecule has 33 heavy (non-hydrogen) atoms. The average Bonchev–Trinajstić information content (AvgIpc) is 2.46. The second-order valence-corrected chi connectivity index (χ2v) is 11.5. The molecule has 2 fully saturated rings. The van der Waals surface area contributed by atoms with E-state index in [-0.39, 0.29) is 5.60 Å².